The molecule has 58 valence electrons. The lowest BCUT2D eigenvalue weighted by molar-refractivity contribution is 0.0418. The topological polar surface area (TPSA) is 24.5 Å². The van der Waals surface area contributed by atoms with E-state index < -0.39 is 0 Å². The molecule has 2 aliphatic rings. The minimum Gasteiger partial charge on any atom is -0.377 e. The Morgan fingerprint density at radius 2 is 2.50 bits per heavy atom. The third-order valence-electron chi connectivity index (χ3n) is 2.47. The van der Waals surface area contributed by atoms with Crippen LogP contribution >= 0.6 is 0 Å². The van der Waals surface area contributed by atoms with E-state index in [-0.39, 0.29) is 0 Å². The minimum atomic E-state index is 0.506. The van der Waals surface area contributed by atoms with E-state index in [1.165, 1.54) is 12.8 Å². The zero-order valence-corrected chi connectivity index (χ0v) is 6.34. The lowest BCUT2D eigenvalue weighted by Crippen LogP contribution is -2.39. The highest BCUT2D eigenvalue weighted by molar-refractivity contribution is 4.86. The van der Waals surface area contributed by atoms with Crippen LogP contribution in [0.15, 0.2) is 0 Å². The van der Waals surface area contributed by atoms with Crippen molar-refractivity contribution < 1.29 is 4.74 Å². The maximum absolute atomic E-state index is 5.52. The predicted molar refractivity (Wildman–Crippen MR) is 38.5 cm³/mol. The summed E-state index contributed by atoms with van der Waals surface area (Å²) in [6.45, 7) is 2.02. The van der Waals surface area contributed by atoms with E-state index in [4.69, 9.17) is 4.74 Å². The summed E-state index contributed by atoms with van der Waals surface area (Å²) in [5.74, 6) is 0. The molecule has 3 heteroatoms. The summed E-state index contributed by atoms with van der Waals surface area (Å²) in [4.78, 5) is 0. The monoisotopic (exact) mass is 142 g/mol. The van der Waals surface area contributed by atoms with E-state index in [0.717, 1.165) is 19.2 Å². The highest BCUT2D eigenvalue weighted by Gasteiger charge is 2.35. The Kier molecular flexibility index (Phi) is 1.64. The number of hydrogen-bond acceptors (Lipinski definition) is 3. The van der Waals surface area contributed by atoms with Gasteiger partial charge in [0.05, 0.1) is 6.10 Å². The Hall–Kier alpha value is -0.120. The molecule has 0 aromatic heterocycles. The third kappa shape index (κ3) is 0.944. The Morgan fingerprint density at radius 1 is 1.60 bits per heavy atom. The number of ether oxygens (including phenoxy) is 1. The van der Waals surface area contributed by atoms with Gasteiger partial charge in [0.15, 0.2) is 0 Å². The summed E-state index contributed by atoms with van der Waals surface area (Å²) in [6, 6.07) is 0.740. The lowest BCUT2D eigenvalue weighted by atomic mass is 10.1. The summed E-state index contributed by atoms with van der Waals surface area (Å²) in [7, 11) is 1.99. The smallest absolute Gasteiger partial charge is 0.0731 e. The first-order valence-electron chi connectivity index (χ1n) is 3.96. The maximum atomic E-state index is 5.52. The highest BCUT2D eigenvalue weighted by atomic mass is 16.5. The second-order valence-corrected chi connectivity index (χ2v) is 3.05. The summed E-state index contributed by atoms with van der Waals surface area (Å²) in [6.07, 6.45) is 2.92. The van der Waals surface area contributed by atoms with Gasteiger partial charge in [0, 0.05) is 19.2 Å². The largest absolute Gasteiger partial charge is 0.377 e. The van der Waals surface area contributed by atoms with Gasteiger partial charge in [-0.05, 0) is 19.9 Å². The Balaban J connectivity index is 2.01. The molecular formula is C7H14N2O. The summed E-state index contributed by atoms with van der Waals surface area (Å²) in [5.41, 5.74) is 3.19. The molecule has 1 N–H and O–H groups in total. The summed E-state index contributed by atoms with van der Waals surface area (Å²) >= 11 is 0. The molecule has 0 aromatic rings. The van der Waals surface area contributed by atoms with Gasteiger partial charge in [0.2, 0.25) is 0 Å². The molecule has 2 unspecified atom stereocenters. The van der Waals surface area contributed by atoms with Gasteiger partial charge in [0.25, 0.3) is 0 Å². The van der Waals surface area contributed by atoms with Gasteiger partial charge >= 0.3 is 0 Å². The van der Waals surface area contributed by atoms with Gasteiger partial charge in [-0.25, -0.2) is 5.01 Å². The van der Waals surface area contributed by atoms with Crippen LogP contribution < -0.4 is 5.43 Å². The minimum absolute atomic E-state index is 0.506. The van der Waals surface area contributed by atoms with Crippen LogP contribution in [0.25, 0.3) is 0 Å². The molecule has 0 amide bonds. The SMILES string of the molecule is CNN1CC2CC1CCO2. The van der Waals surface area contributed by atoms with E-state index in [2.05, 4.69) is 10.4 Å². The van der Waals surface area contributed by atoms with E-state index in [1.807, 2.05) is 7.05 Å². The van der Waals surface area contributed by atoms with Crippen LogP contribution in [0.3, 0.4) is 0 Å². The number of rotatable bonds is 1. The van der Waals surface area contributed by atoms with Gasteiger partial charge < -0.3 is 4.74 Å². The van der Waals surface area contributed by atoms with Gasteiger partial charge in [-0.2, -0.15) is 0 Å². The fourth-order valence-corrected chi connectivity index (χ4v) is 1.91. The second-order valence-electron chi connectivity index (χ2n) is 3.05. The van der Waals surface area contributed by atoms with Gasteiger partial charge in [-0.1, -0.05) is 0 Å². The lowest BCUT2D eigenvalue weighted by Gasteiger charge is -2.22. The predicted octanol–water partition coefficient (Wildman–Crippen LogP) is -0.0160. The zero-order valence-electron chi connectivity index (χ0n) is 6.34. The van der Waals surface area contributed by atoms with Crippen molar-refractivity contribution in [3.8, 4) is 0 Å². The number of nitrogens with one attached hydrogen (secondary N) is 1. The zero-order chi connectivity index (χ0) is 6.97. The van der Waals surface area contributed by atoms with Crippen molar-refractivity contribution in [2.24, 2.45) is 0 Å². The molecule has 0 aliphatic carbocycles. The Morgan fingerprint density at radius 3 is 3.20 bits per heavy atom. The van der Waals surface area contributed by atoms with Crippen molar-refractivity contribution in [3.63, 3.8) is 0 Å². The molecular weight excluding hydrogens is 128 g/mol. The fourth-order valence-electron chi connectivity index (χ4n) is 1.91. The van der Waals surface area contributed by atoms with Crippen LogP contribution in [0.4, 0.5) is 0 Å². The first-order chi connectivity index (χ1) is 4.90. The number of nitrogens with zero attached hydrogens (tertiary/aromatic N) is 1. The molecule has 10 heavy (non-hydrogen) atoms. The van der Waals surface area contributed by atoms with Crippen LogP contribution in [-0.4, -0.2) is 37.4 Å². The molecule has 0 spiro atoms. The van der Waals surface area contributed by atoms with Crippen molar-refractivity contribution in [1.82, 2.24) is 10.4 Å². The molecule has 0 aromatic carbocycles. The van der Waals surface area contributed by atoms with Crippen molar-refractivity contribution in [1.29, 1.82) is 0 Å². The molecule has 2 rings (SSSR count). The highest BCUT2D eigenvalue weighted by Crippen LogP contribution is 2.25. The molecule has 3 nitrogen and oxygen atoms in total. The van der Waals surface area contributed by atoms with Crippen LogP contribution in [0.2, 0.25) is 0 Å². The number of fused-ring (bicyclic) bond motifs is 2. The van der Waals surface area contributed by atoms with Crippen molar-refractivity contribution in [2.75, 3.05) is 20.2 Å². The second kappa shape index (κ2) is 2.49. The summed E-state index contributed by atoms with van der Waals surface area (Å²) in [5, 5.41) is 2.29. The number of hydrazine groups is 1. The molecule has 0 radical (unpaired) electrons. The molecule has 2 fully saturated rings. The fraction of sp³-hybridized carbons (Fsp3) is 1.00. The van der Waals surface area contributed by atoms with Crippen LogP contribution in [0.5, 0.6) is 0 Å². The van der Waals surface area contributed by atoms with Crippen molar-refractivity contribution >= 4 is 0 Å². The first-order valence-corrected chi connectivity index (χ1v) is 3.96. The quantitative estimate of drug-likeness (QED) is 0.557. The Labute approximate surface area is 61.3 Å². The van der Waals surface area contributed by atoms with Gasteiger partial charge in [-0.3, -0.25) is 5.43 Å². The van der Waals surface area contributed by atoms with E-state index in [0.29, 0.717) is 6.10 Å². The third-order valence-corrected chi connectivity index (χ3v) is 2.47. The average Bonchev–Trinajstić information content (AvgIpc) is 2.26. The first kappa shape index (κ1) is 6.58. The van der Waals surface area contributed by atoms with Crippen LogP contribution in [0.1, 0.15) is 12.8 Å². The van der Waals surface area contributed by atoms with Gasteiger partial charge in [0.1, 0.15) is 0 Å². The van der Waals surface area contributed by atoms with E-state index in [1.54, 1.807) is 0 Å². The molecule has 2 atom stereocenters. The van der Waals surface area contributed by atoms with E-state index >= 15 is 0 Å². The molecule has 2 saturated heterocycles. The molecule has 0 saturated carbocycles. The molecule has 2 heterocycles. The van der Waals surface area contributed by atoms with Crippen LogP contribution in [-0.2, 0) is 4.74 Å². The summed E-state index contributed by atoms with van der Waals surface area (Å²) < 4.78 is 5.52. The maximum Gasteiger partial charge on any atom is 0.0731 e. The standard InChI is InChI=1S/C7H14N2O/c1-8-9-5-7-4-6(9)2-3-10-7/h6-8H,2-5H2,1H3. The molecule has 2 bridgehead atoms. The Bertz CT molecular complexity index is 129. The van der Waals surface area contributed by atoms with Crippen molar-refractivity contribution in [3.05, 3.63) is 0 Å². The number of hydrogen-bond donors (Lipinski definition) is 1. The van der Waals surface area contributed by atoms with Gasteiger partial charge in [-0.15, -0.1) is 0 Å². The average molecular weight is 142 g/mol. The van der Waals surface area contributed by atoms with Crippen molar-refractivity contribution in [2.45, 2.75) is 25.0 Å². The normalized spacial score (nSPS) is 40.5. The van der Waals surface area contributed by atoms with Crippen LogP contribution in [0, 0.1) is 0 Å². The molecule has 2 aliphatic heterocycles. The van der Waals surface area contributed by atoms with E-state index in [9.17, 15) is 0 Å².